The van der Waals surface area contributed by atoms with Gasteiger partial charge in [-0.05, 0) is 24.6 Å². The number of aromatic hydroxyl groups is 1. The highest BCUT2D eigenvalue weighted by Gasteiger charge is 2.10. The predicted octanol–water partition coefficient (Wildman–Crippen LogP) is 1.38. The zero-order valence-electron chi connectivity index (χ0n) is 7.80. The van der Waals surface area contributed by atoms with Crippen molar-refractivity contribution in [1.29, 1.82) is 0 Å². The van der Waals surface area contributed by atoms with E-state index in [1.807, 2.05) is 0 Å². The van der Waals surface area contributed by atoms with Crippen molar-refractivity contribution in [2.45, 2.75) is 19.6 Å². The largest absolute Gasteiger partial charge is 0.508 e. The number of carboxylic acids is 1. The molecular formula is C10H12O4. The summed E-state index contributed by atoms with van der Waals surface area (Å²) in [7, 11) is 0. The van der Waals surface area contributed by atoms with Crippen molar-refractivity contribution in [2.24, 2.45) is 0 Å². The highest BCUT2D eigenvalue weighted by atomic mass is 16.5. The van der Waals surface area contributed by atoms with E-state index in [2.05, 4.69) is 0 Å². The first-order chi connectivity index (χ1) is 6.59. The van der Waals surface area contributed by atoms with E-state index in [-0.39, 0.29) is 12.4 Å². The molecule has 0 radical (unpaired) electrons. The van der Waals surface area contributed by atoms with Gasteiger partial charge in [0.2, 0.25) is 0 Å². The van der Waals surface area contributed by atoms with E-state index < -0.39 is 12.1 Å². The van der Waals surface area contributed by atoms with Crippen molar-refractivity contribution < 1.29 is 19.7 Å². The molecule has 0 amide bonds. The number of phenolic OH excluding ortho intramolecular Hbond substituents is 1. The summed E-state index contributed by atoms with van der Waals surface area (Å²) in [6.07, 6.45) is -0.836. The Morgan fingerprint density at radius 2 is 2.29 bits per heavy atom. The fourth-order valence-electron chi connectivity index (χ4n) is 0.939. The molecule has 0 aromatic heterocycles. The van der Waals surface area contributed by atoms with Gasteiger partial charge in [-0.1, -0.05) is 12.1 Å². The quantitative estimate of drug-likeness (QED) is 0.763. The third-order valence-electron chi connectivity index (χ3n) is 1.76. The molecule has 76 valence electrons. The standard InChI is InChI=1S/C10H12O4/c1-7(10(12)13)14-6-8-3-2-4-9(11)5-8/h2-5,7,11H,6H2,1H3,(H,12,13)/t7-/m0/s1. The minimum atomic E-state index is -0.995. The monoisotopic (exact) mass is 196 g/mol. The van der Waals surface area contributed by atoms with Crippen LogP contribution in [-0.4, -0.2) is 22.3 Å². The van der Waals surface area contributed by atoms with Crippen LogP contribution >= 0.6 is 0 Å². The highest BCUT2D eigenvalue weighted by molar-refractivity contribution is 5.71. The van der Waals surface area contributed by atoms with Crippen molar-refractivity contribution in [3.8, 4) is 5.75 Å². The Hall–Kier alpha value is -1.55. The van der Waals surface area contributed by atoms with E-state index >= 15 is 0 Å². The third-order valence-corrected chi connectivity index (χ3v) is 1.76. The van der Waals surface area contributed by atoms with Crippen molar-refractivity contribution in [3.05, 3.63) is 29.8 Å². The first-order valence-corrected chi connectivity index (χ1v) is 4.22. The van der Waals surface area contributed by atoms with E-state index in [0.29, 0.717) is 0 Å². The van der Waals surface area contributed by atoms with Crippen LogP contribution in [0.15, 0.2) is 24.3 Å². The normalized spacial score (nSPS) is 12.4. The lowest BCUT2D eigenvalue weighted by Gasteiger charge is -2.08. The second-order valence-electron chi connectivity index (χ2n) is 2.96. The van der Waals surface area contributed by atoms with Gasteiger partial charge in [0.05, 0.1) is 6.61 Å². The van der Waals surface area contributed by atoms with Gasteiger partial charge in [0.25, 0.3) is 0 Å². The van der Waals surface area contributed by atoms with Gasteiger partial charge in [-0.15, -0.1) is 0 Å². The molecule has 0 aliphatic carbocycles. The summed E-state index contributed by atoms with van der Waals surface area (Å²) in [5, 5.41) is 17.7. The summed E-state index contributed by atoms with van der Waals surface area (Å²) in [6.45, 7) is 1.65. The van der Waals surface area contributed by atoms with E-state index in [9.17, 15) is 4.79 Å². The Bertz CT molecular complexity index is 322. The lowest BCUT2D eigenvalue weighted by molar-refractivity contribution is -0.149. The maximum atomic E-state index is 10.4. The second-order valence-corrected chi connectivity index (χ2v) is 2.96. The topological polar surface area (TPSA) is 66.8 Å². The lowest BCUT2D eigenvalue weighted by Crippen LogP contribution is -2.19. The molecule has 1 rings (SSSR count). The molecule has 2 N–H and O–H groups in total. The fourth-order valence-corrected chi connectivity index (χ4v) is 0.939. The number of hydrogen-bond donors (Lipinski definition) is 2. The molecule has 0 heterocycles. The summed E-state index contributed by atoms with van der Waals surface area (Å²) in [5.74, 6) is -0.848. The molecule has 0 saturated heterocycles. The van der Waals surface area contributed by atoms with Crippen LogP contribution in [0.25, 0.3) is 0 Å². The van der Waals surface area contributed by atoms with Gasteiger partial charge >= 0.3 is 5.97 Å². The van der Waals surface area contributed by atoms with Crippen molar-refractivity contribution >= 4 is 5.97 Å². The van der Waals surface area contributed by atoms with Crippen molar-refractivity contribution in [1.82, 2.24) is 0 Å². The van der Waals surface area contributed by atoms with Gasteiger partial charge in [0.1, 0.15) is 5.75 Å². The van der Waals surface area contributed by atoms with Crippen LogP contribution in [0, 0.1) is 0 Å². The van der Waals surface area contributed by atoms with Crippen molar-refractivity contribution in [3.63, 3.8) is 0 Å². The summed E-state index contributed by atoms with van der Waals surface area (Å²) in [4.78, 5) is 10.4. The van der Waals surface area contributed by atoms with Crippen LogP contribution in [0.3, 0.4) is 0 Å². The third kappa shape index (κ3) is 3.06. The smallest absolute Gasteiger partial charge is 0.332 e. The van der Waals surface area contributed by atoms with Gasteiger partial charge in [0, 0.05) is 0 Å². The number of ether oxygens (including phenoxy) is 1. The van der Waals surface area contributed by atoms with Crippen molar-refractivity contribution in [2.75, 3.05) is 0 Å². The molecule has 0 saturated carbocycles. The van der Waals surface area contributed by atoms with Gasteiger partial charge in [-0.25, -0.2) is 4.79 Å². The molecule has 0 fully saturated rings. The molecule has 0 unspecified atom stereocenters. The molecular weight excluding hydrogens is 184 g/mol. The molecule has 4 nitrogen and oxygen atoms in total. The van der Waals surface area contributed by atoms with Crippen LogP contribution in [-0.2, 0) is 16.1 Å². The molecule has 0 bridgehead atoms. The first-order valence-electron chi connectivity index (χ1n) is 4.22. The minimum Gasteiger partial charge on any atom is -0.508 e. The Morgan fingerprint density at radius 1 is 1.57 bits per heavy atom. The van der Waals surface area contributed by atoms with Crippen LogP contribution in [0.1, 0.15) is 12.5 Å². The lowest BCUT2D eigenvalue weighted by atomic mass is 10.2. The molecule has 0 aliphatic heterocycles. The number of phenols is 1. The summed E-state index contributed by atoms with van der Waals surface area (Å²) >= 11 is 0. The van der Waals surface area contributed by atoms with Gasteiger partial charge in [-0.3, -0.25) is 0 Å². The predicted molar refractivity (Wildman–Crippen MR) is 50.0 cm³/mol. The van der Waals surface area contributed by atoms with Crippen LogP contribution in [0.4, 0.5) is 0 Å². The second kappa shape index (κ2) is 4.62. The average Bonchev–Trinajstić information content (AvgIpc) is 2.14. The fraction of sp³-hybridized carbons (Fsp3) is 0.300. The number of benzene rings is 1. The van der Waals surface area contributed by atoms with Crippen LogP contribution in [0.2, 0.25) is 0 Å². The van der Waals surface area contributed by atoms with Gasteiger partial charge in [0.15, 0.2) is 6.10 Å². The molecule has 1 aromatic rings. The van der Waals surface area contributed by atoms with E-state index in [4.69, 9.17) is 14.9 Å². The van der Waals surface area contributed by atoms with Gasteiger partial charge in [-0.2, -0.15) is 0 Å². The van der Waals surface area contributed by atoms with E-state index in [0.717, 1.165) is 5.56 Å². The number of aliphatic carboxylic acids is 1. The van der Waals surface area contributed by atoms with Crippen LogP contribution in [0.5, 0.6) is 5.75 Å². The minimum absolute atomic E-state index is 0.147. The summed E-state index contributed by atoms with van der Waals surface area (Å²) in [6, 6.07) is 6.52. The number of hydrogen-bond acceptors (Lipinski definition) is 3. The molecule has 0 aliphatic rings. The number of carboxylic acid groups (broad SMARTS) is 1. The zero-order valence-corrected chi connectivity index (χ0v) is 7.80. The molecule has 1 atom stereocenters. The Balaban J connectivity index is 2.49. The van der Waals surface area contributed by atoms with E-state index in [1.165, 1.54) is 13.0 Å². The summed E-state index contributed by atoms with van der Waals surface area (Å²) in [5.41, 5.74) is 0.748. The zero-order chi connectivity index (χ0) is 10.6. The number of carbonyl (C=O) groups is 1. The Kier molecular flexibility index (Phi) is 3.48. The maximum Gasteiger partial charge on any atom is 0.332 e. The average molecular weight is 196 g/mol. The van der Waals surface area contributed by atoms with Crippen LogP contribution < -0.4 is 0 Å². The number of rotatable bonds is 4. The highest BCUT2D eigenvalue weighted by Crippen LogP contribution is 2.12. The Morgan fingerprint density at radius 3 is 2.86 bits per heavy atom. The molecule has 4 heteroatoms. The van der Waals surface area contributed by atoms with Gasteiger partial charge < -0.3 is 14.9 Å². The molecule has 14 heavy (non-hydrogen) atoms. The SMILES string of the molecule is C[C@H](OCc1cccc(O)c1)C(=O)O. The maximum absolute atomic E-state index is 10.4. The first kappa shape index (κ1) is 10.5. The molecule has 1 aromatic carbocycles. The Labute approximate surface area is 81.8 Å². The van der Waals surface area contributed by atoms with E-state index in [1.54, 1.807) is 18.2 Å². The summed E-state index contributed by atoms with van der Waals surface area (Å²) < 4.78 is 5.03. The molecule has 0 spiro atoms.